The van der Waals surface area contributed by atoms with Gasteiger partial charge >= 0.3 is 0 Å². The van der Waals surface area contributed by atoms with Crippen molar-refractivity contribution in [2.75, 3.05) is 52.5 Å². The average molecular weight is 377 g/mol. The Morgan fingerprint density at radius 2 is 2.04 bits per heavy atom. The molecule has 0 spiro atoms. The first-order valence-electron chi connectivity index (χ1n) is 9.82. The minimum absolute atomic E-state index is 0.0318. The quantitative estimate of drug-likeness (QED) is 0.578. The fraction of sp³-hybridized carbons (Fsp3) is 0.684. The Morgan fingerprint density at radius 3 is 2.74 bits per heavy atom. The number of nitrogens with zero attached hydrogens (tertiary/aromatic N) is 4. The van der Waals surface area contributed by atoms with Gasteiger partial charge in [-0.1, -0.05) is 19.8 Å². The molecular formula is C19H31N5O3. The van der Waals surface area contributed by atoms with E-state index in [4.69, 9.17) is 4.74 Å². The van der Waals surface area contributed by atoms with Crippen LogP contribution < -0.4 is 5.32 Å². The van der Waals surface area contributed by atoms with Crippen LogP contribution in [0.25, 0.3) is 0 Å². The Labute approximate surface area is 161 Å². The van der Waals surface area contributed by atoms with Crippen molar-refractivity contribution in [2.45, 2.75) is 32.6 Å². The van der Waals surface area contributed by atoms with Crippen molar-refractivity contribution in [3.63, 3.8) is 0 Å². The van der Waals surface area contributed by atoms with Crippen molar-refractivity contribution >= 4 is 11.8 Å². The predicted molar refractivity (Wildman–Crippen MR) is 102 cm³/mol. The second-order valence-corrected chi connectivity index (χ2v) is 6.64. The van der Waals surface area contributed by atoms with Gasteiger partial charge in [0.05, 0.1) is 19.4 Å². The van der Waals surface area contributed by atoms with Gasteiger partial charge in [0.2, 0.25) is 5.91 Å². The second-order valence-electron chi connectivity index (χ2n) is 6.64. The Balaban J connectivity index is 1.75. The summed E-state index contributed by atoms with van der Waals surface area (Å²) in [5.74, 6) is -0.198. The van der Waals surface area contributed by atoms with Gasteiger partial charge in [0.15, 0.2) is 0 Å². The predicted octanol–water partition coefficient (Wildman–Crippen LogP) is 0.948. The summed E-state index contributed by atoms with van der Waals surface area (Å²) in [5.41, 5.74) is 0.321. The van der Waals surface area contributed by atoms with Crippen LogP contribution in [0.2, 0.25) is 0 Å². The van der Waals surface area contributed by atoms with E-state index in [1.54, 1.807) is 11.1 Å². The summed E-state index contributed by atoms with van der Waals surface area (Å²) < 4.78 is 5.32. The molecule has 1 aromatic rings. The van der Waals surface area contributed by atoms with Gasteiger partial charge in [0, 0.05) is 58.1 Å². The Morgan fingerprint density at radius 1 is 1.22 bits per heavy atom. The van der Waals surface area contributed by atoms with Crippen molar-refractivity contribution in [3.8, 4) is 0 Å². The largest absolute Gasteiger partial charge is 0.379 e. The number of aromatic nitrogens is 2. The molecule has 0 aromatic carbocycles. The van der Waals surface area contributed by atoms with Gasteiger partial charge in [-0.2, -0.15) is 0 Å². The normalized spacial score (nSPS) is 14.7. The molecule has 27 heavy (non-hydrogen) atoms. The van der Waals surface area contributed by atoms with E-state index < -0.39 is 0 Å². The van der Waals surface area contributed by atoms with Gasteiger partial charge < -0.3 is 15.0 Å². The van der Waals surface area contributed by atoms with Gasteiger partial charge in [-0.3, -0.25) is 19.5 Å². The molecule has 1 N–H and O–H groups in total. The summed E-state index contributed by atoms with van der Waals surface area (Å²) in [6.07, 6.45) is 7.86. The van der Waals surface area contributed by atoms with Gasteiger partial charge in [-0.15, -0.1) is 0 Å². The molecule has 0 unspecified atom stereocenters. The van der Waals surface area contributed by atoms with Crippen LogP contribution in [0.15, 0.2) is 18.6 Å². The van der Waals surface area contributed by atoms with Crippen LogP contribution in [0.3, 0.4) is 0 Å². The fourth-order valence-electron chi connectivity index (χ4n) is 2.94. The van der Waals surface area contributed by atoms with E-state index in [9.17, 15) is 9.59 Å². The average Bonchev–Trinajstić information content (AvgIpc) is 2.71. The van der Waals surface area contributed by atoms with E-state index in [0.29, 0.717) is 31.7 Å². The van der Waals surface area contributed by atoms with Crippen molar-refractivity contribution in [1.82, 2.24) is 25.1 Å². The molecule has 1 aliphatic heterocycles. The van der Waals surface area contributed by atoms with Gasteiger partial charge in [0.25, 0.3) is 5.91 Å². The molecule has 1 fully saturated rings. The summed E-state index contributed by atoms with van der Waals surface area (Å²) in [4.78, 5) is 36.8. The number of carbonyl (C=O) groups is 2. The lowest BCUT2D eigenvalue weighted by molar-refractivity contribution is -0.121. The highest BCUT2D eigenvalue weighted by atomic mass is 16.5. The van der Waals surface area contributed by atoms with E-state index in [1.165, 1.54) is 12.4 Å². The van der Waals surface area contributed by atoms with Crippen LogP contribution in [0.4, 0.5) is 0 Å². The maximum atomic E-state index is 12.6. The monoisotopic (exact) mass is 377 g/mol. The van der Waals surface area contributed by atoms with Crippen LogP contribution in [0.5, 0.6) is 0 Å². The first-order valence-corrected chi connectivity index (χ1v) is 9.82. The Hall–Kier alpha value is -2.06. The van der Waals surface area contributed by atoms with Crippen LogP contribution in [-0.4, -0.2) is 84.1 Å². The first kappa shape index (κ1) is 21.2. The minimum Gasteiger partial charge on any atom is -0.379 e. The highest BCUT2D eigenvalue weighted by molar-refractivity contribution is 5.92. The molecule has 0 atom stereocenters. The minimum atomic E-state index is -0.166. The van der Waals surface area contributed by atoms with Gasteiger partial charge in [-0.25, -0.2) is 4.98 Å². The van der Waals surface area contributed by atoms with Crippen LogP contribution in [0.1, 0.15) is 43.1 Å². The molecule has 1 aliphatic rings. The number of unbranched alkanes of at least 4 members (excludes halogenated alkanes) is 2. The zero-order valence-electron chi connectivity index (χ0n) is 16.2. The molecule has 0 saturated carbocycles. The molecule has 8 heteroatoms. The summed E-state index contributed by atoms with van der Waals surface area (Å²) in [5, 5.41) is 2.94. The summed E-state index contributed by atoms with van der Waals surface area (Å²) >= 11 is 0. The van der Waals surface area contributed by atoms with E-state index in [-0.39, 0.29) is 11.8 Å². The van der Waals surface area contributed by atoms with E-state index >= 15 is 0 Å². The van der Waals surface area contributed by atoms with Crippen molar-refractivity contribution in [2.24, 2.45) is 0 Å². The second kappa shape index (κ2) is 12.3. The molecular weight excluding hydrogens is 346 g/mol. The molecule has 0 bridgehead atoms. The van der Waals surface area contributed by atoms with Gasteiger partial charge in [-0.05, 0) is 6.42 Å². The number of carbonyl (C=O) groups excluding carboxylic acids is 2. The zero-order valence-corrected chi connectivity index (χ0v) is 16.2. The zero-order chi connectivity index (χ0) is 19.3. The van der Waals surface area contributed by atoms with Crippen molar-refractivity contribution < 1.29 is 14.3 Å². The maximum Gasteiger partial charge on any atom is 0.274 e. The summed E-state index contributed by atoms with van der Waals surface area (Å²) in [7, 11) is 0. The SMILES string of the molecule is CCCCCN(CCC(=O)NCCN1CCOCC1)C(=O)c1cnccn1. The molecule has 0 aliphatic carbocycles. The number of amides is 2. The number of rotatable bonds is 11. The third-order valence-electron chi connectivity index (χ3n) is 4.56. The number of ether oxygens (including phenoxy) is 1. The smallest absolute Gasteiger partial charge is 0.274 e. The standard InChI is InChI=1S/C19H31N5O3/c1-2-3-4-9-24(19(26)17-16-20-6-7-21-17)10-5-18(25)22-8-11-23-12-14-27-15-13-23/h6-7,16H,2-5,8-15H2,1H3,(H,22,25). The molecule has 2 amide bonds. The van der Waals surface area contributed by atoms with Crippen molar-refractivity contribution in [1.29, 1.82) is 0 Å². The Bertz CT molecular complexity index is 564. The van der Waals surface area contributed by atoms with E-state index in [0.717, 1.165) is 52.1 Å². The topological polar surface area (TPSA) is 87.7 Å². The lowest BCUT2D eigenvalue weighted by Gasteiger charge is -2.26. The molecule has 1 saturated heterocycles. The molecule has 0 radical (unpaired) electrons. The fourth-order valence-corrected chi connectivity index (χ4v) is 2.94. The molecule has 2 heterocycles. The molecule has 8 nitrogen and oxygen atoms in total. The van der Waals surface area contributed by atoms with Gasteiger partial charge in [0.1, 0.15) is 5.69 Å². The van der Waals surface area contributed by atoms with Crippen molar-refractivity contribution in [3.05, 3.63) is 24.3 Å². The lowest BCUT2D eigenvalue weighted by Crippen LogP contribution is -2.42. The first-order chi connectivity index (χ1) is 13.2. The Kier molecular flexibility index (Phi) is 9.72. The lowest BCUT2D eigenvalue weighted by atomic mass is 10.2. The number of morpholine rings is 1. The molecule has 150 valence electrons. The maximum absolute atomic E-state index is 12.6. The number of nitrogens with one attached hydrogen (secondary N) is 1. The third kappa shape index (κ3) is 8.01. The number of hydrogen-bond acceptors (Lipinski definition) is 6. The third-order valence-corrected chi connectivity index (χ3v) is 4.56. The molecule has 2 rings (SSSR count). The van der Waals surface area contributed by atoms with E-state index in [2.05, 4.69) is 27.1 Å². The van der Waals surface area contributed by atoms with Crippen LogP contribution >= 0.6 is 0 Å². The summed E-state index contributed by atoms with van der Waals surface area (Å²) in [6, 6.07) is 0. The van der Waals surface area contributed by atoms with E-state index in [1.807, 2.05) is 0 Å². The highest BCUT2D eigenvalue weighted by Crippen LogP contribution is 2.05. The molecule has 1 aromatic heterocycles. The number of hydrogen-bond donors (Lipinski definition) is 1. The van der Waals surface area contributed by atoms with Crippen LogP contribution in [-0.2, 0) is 9.53 Å². The summed E-state index contributed by atoms with van der Waals surface area (Å²) in [6.45, 7) is 7.92. The van der Waals surface area contributed by atoms with Crippen LogP contribution in [0, 0.1) is 0 Å². The highest BCUT2D eigenvalue weighted by Gasteiger charge is 2.18.